The molecule has 4 nitrogen and oxygen atoms in total. The Labute approximate surface area is 132 Å². The molecule has 0 saturated heterocycles. The molecule has 1 amide bonds. The van der Waals surface area contributed by atoms with E-state index in [4.69, 9.17) is 11.6 Å². The van der Waals surface area contributed by atoms with Gasteiger partial charge in [-0.05, 0) is 30.3 Å². The fraction of sp³-hybridized carbons (Fsp3) is 0.0588. The summed E-state index contributed by atoms with van der Waals surface area (Å²) >= 11 is 6.02. The first-order valence-corrected chi connectivity index (χ1v) is 7.12. The maximum absolute atomic E-state index is 12.5. The molecule has 22 heavy (non-hydrogen) atoms. The van der Waals surface area contributed by atoms with E-state index in [1.807, 2.05) is 18.2 Å². The smallest absolute Gasteiger partial charge is 0.257 e. The van der Waals surface area contributed by atoms with Gasteiger partial charge in [-0.2, -0.15) is 0 Å². The van der Waals surface area contributed by atoms with Crippen LogP contribution in [0, 0.1) is 0 Å². The molecule has 2 aromatic carbocycles. The van der Waals surface area contributed by atoms with E-state index in [1.54, 1.807) is 36.5 Å². The summed E-state index contributed by atoms with van der Waals surface area (Å²) in [6.07, 6.45) is 1.54. The summed E-state index contributed by atoms with van der Waals surface area (Å²) in [6.45, 7) is 1.45. The second kappa shape index (κ2) is 5.66. The van der Waals surface area contributed by atoms with E-state index in [9.17, 15) is 9.59 Å². The number of amides is 1. The van der Waals surface area contributed by atoms with Gasteiger partial charge in [-0.25, -0.2) is 0 Å². The van der Waals surface area contributed by atoms with E-state index >= 15 is 0 Å². The van der Waals surface area contributed by atoms with Gasteiger partial charge in [-0.1, -0.05) is 29.8 Å². The fourth-order valence-electron chi connectivity index (χ4n) is 2.36. The molecule has 0 spiro atoms. The summed E-state index contributed by atoms with van der Waals surface area (Å²) in [4.78, 5) is 24.2. The Hall–Kier alpha value is -2.59. The summed E-state index contributed by atoms with van der Waals surface area (Å²) in [5, 5.41) is 3.98. The number of nitrogens with zero attached hydrogens (tertiary/aromatic N) is 1. The maximum Gasteiger partial charge on any atom is 0.257 e. The zero-order valence-electron chi connectivity index (χ0n) is 11.8. The lowest BCUT2D eigenvalue weighted by Gasteiger charge is -2.03. The first-order valence-electron chi connectivity index (χ1n) is 6.74. The first kappa shape index (κ1) is 14.4. The molecule has 0 aliphatic heterocycles. The molecule has 110 valence electrons. The number of hydrogen-bond donors (Lipinski definition) is 1. The minimum absolute atomic E-state index is 0.161. The average molecular weight is 313 g/mol. The van der Waals surface area contributed by atoms with Crippen LogP contribution in [0.5, 0.6) is 0 Å². The number of rotatable bonds is 2. The molecule has 0 aliphatic rings. The monoisotopic (exact) mass is 312 g/mol. The van der Waals surface area contributed by atoms with Gasteiger partial charge in [0.05, 0.1) is 11.1 Å². The highest BCUT2D eigenvalue weighted by molar-refractivity contribution is 6.31. The molecule has 0 aliphatic carbocycles. The van der Waals surface area contributed by atoms with Crippen LogP contribution in [0.3, 0.4) is 0 Å². The first-order chi connectivity index (χ1) is 10.6. The SMILES string of the molecule is CC(=O)n1cc(C(=O)Nc2ccccc2)c2cc(Cl)ccc21. The third kappa shape index (κ3) is 2.61. The van der Waals surface area contributed by atoms with Crippen molar-refractivity contribution in [1.29, 1.82) is 0 Å². The van der Waals surface area contributed by atoms with Crippen molar-refractivity contribution in [2.75, 3.05) is 5.32 Å². The van der Waals surface area contributed by atoms with Crippen molar-refractivity contribution in [1.82, 2.24) is 4.57 Å². The number of hydrogen-bond acceptors (Lipinski definition) is 2. The van der Waals surface area contributed by atoms with Crippen molar-refractivity contribution in [2.24, 2.45) is 0 Å². The number of fused-ring (bicyclic) bond motifs is 1. The number of benzene rings is 2. The van der Waals surface area contributed by atoms with Gasteiger partial charge < -0.3 is 5.32 Å². The van der Waals surface area contributed by atoms with Gasteiger partial charge in [0.2, 0.25) is 5.91 Å². The number of para-hydroxylation sites is 1. The molecule has 0 saturated carbocycles. The van der Waals surface area contributed by atoms with E-state index in [0.29, 0.717) is 27.2 Å². The predicted octanol–water partition coefficient (Wildman–Crippen LogP) is 4.21. The molecule has 1 N–H and O–H groups in total. The number of aromatic nitrogens is 1. The largest absolute Gasteiger partial charge is 0.322 e. The lowest BCUT2D eigenvalue weighted by molar-refractivity contribution is 0.0941. The molecule has 0 bridgehead atoms. The van der Waals surface area contributed by atoms with Crippen LogP contribution in [0.25, 0.3) is 10.9 Å². The van der Waals surface area contributed by atoms with E-state index in [0.717, 1.165) is 0 Å². The number of anilines is 1. The highest BCUT2D eigenvalue weighted by Gasteiger charge is 2.17. The Kier molecular flexibility index (Phi) is 3.69. The third-order valence-electron chi connectivity index (χ3n) is 3.38. The van der Waals surface area contributed by atoms with Crippen molar-refractivity contribution in [3.63, 3.8) is 0 Å². The molecule has 3 rings (SSSR count). The minimum Gasteiger partial charge on any atom is -0.322 e. The Morgan fingerprint density at radius 2 is 1.82 bits per heavy atom. The summed E-state index contributed by atoms with van der Waals surface area (Å²) in [7, 11) is 0. The normalized spacial score (nSPS) is 10.6. The standard InChI is InChI=1S/C17H13ClN2O2/c1-11(21)20-10-15(14-9-12(18)7-8-16(14)20)17(22)19-13-5-3-2-4-6-13/h2-10H,1H3,(H,19,22). The number of nitrogens with one attached hydrogen (secondary N) is 1. The van der Waals surface area contributed by atoms with Gasteiger partial charge in [0.1, 0.15) is 0 Å². The highest BCUT2D eigenvalue weighted by Crippen LogP contribution is 2.26. The molecule has 1 aromatic heterocycles. The fourth-order valence-corrected chi connectivity index (χ4v) is 2.54. The molecule has 5 heteroatoms. The number of carbonyl (C=O) groups is 2. The van der Waals surface area contributed by atoms with Gasteiger partial charge in [0, 0.05) is 29.2 Å². The lowest BCUT2D eigenvalue weighted by Crippen LogP contribution is -2.11. The van der Waals surface area contributed by atoms with Crippen LogP contribution in [0.2, 0.25) is 5.02 Å². The average Bonchev–Trinajstić information content (AvgIpc) is 2.87. The quantitative estimate of drug-likeness (QED) is 0.770. The zero-order valence-corrected chi connectivity index (χ0v) is 12.6. The second-order valence-electron chi connectivity index (χ2n) is 4.91. The zero-order chi connectivity index (χ0) is 15.7. The Morgan fingerprint density at radius 3 is 2.50 bits per heavy atom. The van der Waals surface area contributed by atoms with E-state index in [1.165, 1.54) is 11.5 Å². The third-order valence-corrected chi connectivity index (χ3v) is 3.62. The van der Waals surface area contributed by atoms with Gasteiger partial charge in [-0.15, -0.1) is 0 Å². The van der Waals surface area contributed by atoms with E-state index in [-0.39, 0.29) is 11.8 Å². The van der Waals surface area contributed by atoms with Crippen LogP contribution >= 0.6 is 11.6 Å². The van der Waals surface area contributed by atoms with Crippen LogP contribution in [0.15, 0.2) is 54.7 Å². The Morgan fingerprint density at radius 1 is 1.09 bits per heavy atom. The molecule has 0 unspecified atom stereocenters. The van der Waals surface area contributed by atoms with E-state index in [2.05, 4.69) is 5.32 Å². The van der Waals surface area contributed by atoms with Crippen molar-refractivity contribution < 1.29 is 9.59 Å². The number of halogens is 1. The van der Waals surface area contributed by atoms with Gasteiger partial charge in [0.25, 0.3) is 5.91 Å². The van der Waals surface area contributed by atoms with E-state index < -0.39 is 0 Å². The van der Waals surface area contributed by atoms with Crippen LogP contribution in [-0.2, 0) is 0 Å². The molecule has 0 fully saturated rings. The van der Waals surface area contributed by atoms with Crippen LogP contribution in [0.1, 0.15) is 22.1 Å². The molecule has 1 heterocycles. The molecular formula is C17H13ClN2O2. The van der Waals surface area contributed by atoms with Gasteiger partial charge >= 0.3 is 0 Å². The van der Waals surface area contributed by atoms with Gasteiger partial charge in [-0.3, -0.25) is 14.2 Å². The van der Waals surface area contributed by atoms with Crippen molar-refractivity contribution >= 4 is 40.0 Å². The predicted molar refractivity (Wildman–Crippen MR) is 87.6 cm³/mol. The summed E-state index contributed by atoms with van der Waals surface area (Å²) in [5.41, 5.74) is 1.77. The molecular weight excluding hydrogens is 300 g/mol. The van der Waals surface area contributed by atoms with Crippen molar-refractivity contribution in [2.45, 2.75) is 6.92 Å². The maximum atomic E-state index is 12.5. The number of carbonyl (C=O) groups excluding carboxylic acids is 2. The van der Waals surface area contributed by atoms with Crippen LogP contribution < -0.4 is 5.32 Å². The van der Waals surface area contributed by atoms with Gasteiger partial charge in [0.15, 0.2) is 0 Å². The highest BCUT2D eigenvalue weighted by atomic mass is 35.5. The molecule has 0 radical (unpaired) electrons. The topological polar surface area (TPSA) is 51.1 Å². The molecule has 0 atom stereocenters. The van der Waals surface area contributed by atoms with Crippen molar-refractivity contribution in [3.05, 3.63) is 65.3 Å². The lowest BCUT2D eigenvalue weighted by atomic mass is 10.1. The summed E-state index contributed by atoms with van der Waals surface area (Å²) in [6, 6.07) is 14.3. The second-order valence-corrected chi connectivity index (χ2v) is 5.35. The summed E-state index contributed by atoms with van der Waals surface area (Å²) < 4.78 is 1.45. The Balaban J connectivity index is 2.08. The van der Waals surface area contributed by atoms with Crippen LogP contribution in [-0.4, -0.2) is 16.4 Å². The van der Waals surface area contributed by atoms with Crippen molar-refractivity contribution in [3.8, 4) is 0 Å². The van der Waals surface area contributed by atoms with Crippen LogP contribution in [0.4, 0.5) is 5.69 Å². The minimum atomic E-state index is -0.279. The molecule has 3 aromatic rings. The summed E-state index contributed by atoms with van der Waals surface area (Å²) in [5.74, 6) is -0.440. The Bertz CT molecular complexity index is 869.